The van der Waals surface area contributed by atoms with Crippen LogP contribution in [-0.4, -0.2) is 44.7 Å². The zero-order valence-electron chi connectivity index (χ0n) is 19.5. The molecule has 1 saturated carbocycles. The van der Waals surface area contributed by atoms with Gasteiger partial charge in [-0.1, -0.05) is 34.1 Å². The maximum atomic E-state index is 3.37. The molecule has 1 aromatic rings. The van der Waals surface area contributed by atoms with Gasteiger partial charge in [-0.05, 0) is 79.7 Å². The van der Waals surface area contributed by atoms with Gasteiger partial charge in [0.05, 0.1) is 0 Å². The van der Waals surface area contributed by atoms with E-state index in [1.54, 1.807) is 5.56 Å². The van der Waals surface area contributed by atoms with Crippen LogP contribution in [-0.2, 0) is 0 Å². The number of benzene rings is 1. The normalized spacial score (nSPS) is 23.6. The Balaban J connectivity index is 0.00000300. The van der Waals surface area contributed by atoms with Crippen LogP contribution in [0.5, 0.6) is 0 Å². The van der Waals surface area contributed by atoms with E-state index in [0.29, 0.717) is 5.41 Å². The molecule has 1 aliphatic carbocycles. The molecule has 3 nitrogen and oxygen atoms in total. The molecule has 0 atom stereocenters. The number of rotatable bonds is 6. The second kappa shape index (κ2) is 10.9. The molecule has 1 aromatic carbocycles. The lowest BCUT2D eigenvalue weighted by atomic mass is 9.68. The maximum Gasteiger partial charge on any atom is 0.0404 e. The molecule has 0 unspecified atom stereocenters. The van der Waals surface area contributed by atoms with Crippen LogP contribution in [0.15, 0.2) is 18.2 Å². The van der Waals surface area contributed by atoms with Crippen LogP contribution in [0.3, 0.4) is 0 Å². The minimum absolute atomic E-state index is 0. The molecule has 2 fully saturated rings. The summed E-state index contributed by atoms with van der Waals surface area (Å²) < 4.78 is 0. The third kappa shape index (κ3) is 6.28. The van der Waals surface area contributed by atoms with Gasteiger partial charge in [-0.3, -0.25) is 4.90 Å². The molecule has 2 aliphatic rings. The van der Waals surface area contributed by atoms with E-state index in [4.69, 9.17) is 0 Å². The fraction of sp³-hybridized carbons (Fsp3) is 0.760. The van der Waals surface area contributed by atoms with E-state index in [-0.39, 0.29) is 12.4 Å². The molecular formula is C25H44ClN3. The van der Waals surface area contributed by atoms with E-state index in [0.717, 1.165) is 11.8 Å². The van der Waals surface area contributed by atoms with E-state index in [2.05, 4.69) is 61.0 Å². The molecule has 1 heterocycles. The molecule has 3 rings (SSSR count). The van der Waals surface area contributed by atoms with Gasteiger partial charge in [0.25, 0.3) is 0 Å². The summed E-state index contributed by atoms with van der Waals surface area (Å²) in [5.74, 6) is 1.60. The average molecular weight is 422 g/mol. The predicted octanol–water partition coefficient (Wildman–Crippen LogP) is 6.39. The zero-order valence-corrected chi connectivity index (χ0v) is 20.3. The van der Waals surface area contributed by atoms with Crippen molar-refractivity contribution in [2.45, 2.75) is 72.1 Å². The van der Waals surface area contributed by atoms with Gasteiger partial charge in [-0.2, -0.15) is 0 Å². The average Bonchev–Trinajstić information content (AvgIpc) is 2.71. The number of unbranched alkanes of at least 4 members (excludes halogenated alkanes) is 1. The second-order valence-corrected chi connectivity index (χ2v) is 10.1. The van der Waals surface area contributed by atoms with Crippen molar-refractivity contribution in [2.24, 2.45) is 11.3 Å². The van der Waals surface area contributed by atoms with Gasteiger partial charge in [-0.15, -0.1) is 12.4 Å². The van der Waals surface area contributed by atoms with E-state index in [1.807, 2.05) is 7.05 Å². The lowest BCUT2D eigenvalue weighted by molar-refractivity contribution is 0.169. The molecule has 1 N–H and O–H groups in total. The summed E-state index contributed by atoms with van der Waals surface area (Å²) >= 11 is 0. The number of halogens is 1. The molecule has 0 aromatic heterocycles. The van der Waals surface area contributed by atoms with Crippen molar-refractivity contribution in [3.63, 3.8) is 0 Å². The Labute approximate surface area is 186 Å². The number of piperazine rings is 1. The van der Waals surface area contributed by atoms with Crippen LogP contribution in [0.25, 0.3) is 0 Å². The van der Waals surface area contributed by atoms with E-state index >= 15 is 0 Å². The highest BCUT2D eigenvalue weighted by atomic mass is 35.5. The summed E-state index contributed by atoms with van der Waals surface area (Å²) in [4.78, 5) is 5.31. The monoisotopic (exact) mass is 421 g/mol. The Morgan fingerprint density at radius 3 is 2.21 bits per heavy atom. The van der Waals surface area contributed by atoms with Gasteiger partial charge < -0.3 is 10.2 Å². The Hall–Kier alpha value is -0.930. The van der Waals surface area contributed by atoms with Crippen LogP contribution in [0.1, 0.15) is 77.7 Å². The first kappa shape index (κ1) is 24.3. The Morgan fingerprint density at radius 1 is 1.00 bits per heavy atom. The van der Waals surface area contributed by atoms with Crippen molar-refractivity contribution in [2.75, 3.05) is 50.0 Å². The number of hydrogen-bond donors (Lipinski definition) is 1. The topological polar surface area (TPSA) is 18.5 Å². The Kier molecular flexibility index (Phi) is 9.15. The first-order valence-corrected chi connectivity index (χ1v) is 11.7. The van der Waals surface area contributed by atoms with Crippen molar-refractivity contribution in [1.82, 2.24) is 4.90 Å². The summed E-state index contributed by atoms with van der Waals surface area (Å²) in [6.07, 6.45) is 8.08. The van der Waals surface area contributed by atoms with Gasteiger partial charge in [0.15, 0.2) is 0 Å². The molecule has 0 amide bonds. The summed E-state index contributed by atoms with van der Waals surface area (Å²) in [6, 6.07) is 7.10. The standard InChI is InChI=1S/C25H43N3.ClH/c1-6-7-14-27-15-17-28(18-16-27)24-13-12-22(26-5)19-23(24)20-8-10-21(11-9-20)25(2,3)4;/h12-13,19-21,26H,6-11,14-18H2,1-5H3;1H. The summed E-state index contributed by atoms with van der Waals surface area (Å²) in [6.45, 7) is 15.6. The highest BCUT2D eigenvalue weighted by molar-refractivity contribution is 5.85. The molecule has 0 radical (unpaired) electrons. The number of nitrogens with one attached hydrogen (secondary N) is 1. The lowest BCUT2D eigenvalue weighted by Gasteiger charge is -2.40. The minimum atomic E-state index is 0. The summed E-state index contributed by atoms with van der Waals surface area (Å²) in [5.41, 5.74) is 4.82. The summed E-state index contributed by atoms with van der Waals surface area (Å²) in [5, 5.41) is 3.37. The van der Waals surface area contributed by atoms with Crippen LogP contribution in [0, 0.1) is 11.3 Å². The maximum absolute atomic E-state index is 3.37. The molecule has 29 heavy (non-hydrogen) atoms. The van der Waals surface area contributed by atoms with Gasteiger partial charge in [-0.25, -0.2) is 0 Å². The van der Waals surface area contributed by atoms with Crippen molar-refractivity contribution in [1.29, 1.82) is 0 Å². The largest absolute Gasteiger partial charge is 0.388 e. The Morgan fingerprint density at radius 2 is 1.66 bits per heavy atom. The molecule has 1 aliphatic heterocycles. The van der Waals surface area contributed by atoms with Gasteiger partial charge in [0.1, 0.15) is 0 Å². The molecule has 1 saturated heterocycles. The third-order valence-corrected chi connectivity index (χ3v) is 7.25. The van der Waals surface area contributed by atoms with Gasteiger partial charge in [0, 0.05) is 44.6 Å². The van der Waals surface area contributed by atoms with E-state index in [1.165, 1.54) is 82.6 Å². The molecule has 4 heteroatoms. The van der Waals surface area contributed by atoms with Crippen LogP contribution >= 0.6 is 12.4 Å². The van der Waals surface area contributed by atoms with Crippen LogP contribution in [0.2, 0.25) is 0 Å². The molecular weight excluding hydrogens is 378 g/mol. The molecule has 0 bridgehead atoms. The molecule has 0 spiro atoms. The number of nitrogens with zero attached hydrogens (tertiary/aromatic N) is 2. The summed E-state index contributed by atoms with van der Waals surface area (Å²) in [7, 11) is 2.04. The first-order chi connectivity index (χ1) is 13.4. The smallest absolute Gasteiger partial charge is 0.0404 e. The van der Waals surface area contributed by atoms with Crippen LogP contribution < -0.4 is 10.2 Å². The van der Waals surface area contributed by atoms with Gasteiger partial charge in [0.2, 0.25) is 0 Å². The fourth-order valence-electron chi connectivity index (χ4n) is 5.19. The van der Waals surface area contributed by atoms with E-state index in [9.17, 15) is 0 Å². The predicted molar refractivity (Wildman–Crippen MR) is 131 cm³/mol. The first-order valence-electron chi connectivity index (χ1n) is 11.7. The highest BCUT2D eigenvalue weighted by Gasteiger charge is 2.32. The minimum Gasteiger partial charge on any atom is -0.388 e. The SMILES string of the molecule is CCCCN1CCN(c2ccc(NC)cc2C2CCC(C(C)(C)C)CC2)CC1.Cl. The van der Waals surface area contributed by atoms with Crippen molar-refractivity contribution >= 4 is 23.8 Å². The second-order valence-electron chi connectivity index (χ2n) is 10.1. The van der Waals surface area contributed by atoms with Crippen molar-refractivity contribution in [3.8, 4) is 0 Å². The quantitative estimate of drug-likeness (QED) is 0.573. The van der Waals surface area contributed by atoms with E-state index < -0.39 is 0 Å². The van der Waals surface area contributed by atoms with Crippen molar-refractivity contribution in [3.05, 3.63) is 23.8 Å². The van der Waals surface area contributed by atoms with Gasteiger partial charge >= 0.3 is 0 Å². The third-order valence-electron chi connectivity index (χ3n) is 7.25. The molecule has 166 valence electrons. The number of anilines is 2. The zero-order chi connectivity index (χ0) is 20.1. The Bertz CT molecular complexity index is 609. The van der Waals surface area contributed by atoms with Crippen molar-refractivity contribution < 1.29 is 0 Å². The van der Waals surface area contributed by atoms with Crippen LogP contribution in [0.4, 0.5) is 11.4 Å². The lowest BCUT2D eigenvalue weighted by Crippen LogP contribution is -2.47. The number of hydrogen-bond acceptors (Lipinski definition) is 3. The highest BCUT2D eigenvalue weighted by Crippen LogP contribution is 2.45. The fourth-order valence-corrected chi connectivity index (χ4v) is 5.19.